The zero-order valence-electron chi connectivity index (χ0n) is 15.9. The van der Waals surface area contributed by atoms with Crippen LogP contribution in [0.25, 0.3) is 0 Å². The van der Waals surface area contributed by atoms with E-state index in [1.807, 2.05) is 0 Å². The summed E-state index contributed by atoms with van der Waals surface area (Å²) in [7, 11) is 0. The van der Waals surface area contributed by atoms with Crippen molar-refractivity contribution in [2.24, 2.45) is 0 Å². The highest BCUT2D eigenvalue weighted by Crippen LogP contribution is 2.20. The number of rotatable bonds is 10. The Morgan fingerprint density at radius 2 is 0.897 bits per heavy atom. The summed E-state index contributed by atoms with van der Waals surface area (Å²) in [4.78, 5) is 0. The van der Waals surface area contributed by atoms with Crippen molar-refractivity contribution in [3.63, 3.8) is 0 Å². The van der Waals surface area contributed by atoms with Gasteiger partial charge in [0.15, 0.2) is 0 Å². The summed E-state index contributed by atoms with van der Waals surface area (Å²) in [6, 6.07) is 0. The summed E-state index contributed by atoms with van der Waals surface area (Å²) in [5.74, 6) is 0. The molecule has 0 aromatic rings. The molecule has 0 aromatic heterocycles. The minimum Gasteiger partial charge on any atom is -0.394 e. The van der Waals surface area contributed by atoms with E-state index in [0.717, 1.165) is 0 Å². The third-order valence-electron chi connectivity index (χ3n) is 5.08. The van der Waals surface area contributed by atoms with Crippen LogP contribution < -0.4 is 16.0 Å². The van der Waals surface area contributed by atoms with Crippen molar-refractivity contribution in [1.29, 1.82) is 0 Å². The Bertz CT molecular complexity index is 434. The molecular weight excluding hydrogens is 394 g/mol. The molecule has 13 heteroatoms. The first-order chi connectivity index (χ1) is 13.8. The van der Waals surface area contributed by atoms with Crippen LogP contribution in [0, 0.1) is 0 Å². The van der Waals surface area contributed by atoms with E-state index in [2.05, 4.69) is 16.0 Å². The normalized spacial score (nSPS) is 43.4. The van der Waals surface area contributed by atoms with E-state index in [0.29, 0.717) is 26.2 Å². The third kappa shape index (κ3) is 6.24. The van der Waals surface area contributed by atoms with Crippen molar-refractivity contribution in [1.82, 2.24) is 16.0 Å². The lowest BCUT2D eigenvalue weighted by molar-refractivity contribution is -0.236. The van der Waals surface area contributed by atoms with E-state index in [9.17, 15) is 30.6 Å². The highest BCUT2D eigenvalue weighted by Gasteiger charge is 2.44. The van der Waals surface area contributed by atoms with Crippen molar-refractivity contribution in [2.45, 2.75) is 61.3 Å². The highest BCUT2D eigenvalue weighted by molar-refractivity contribution is 4.92. The van der Waals surface area contributed by atoms with Crippen LogP contribution >= 0.6 is 0 Å². The van der Waals surface area contributed by atoms with Gasteiger partial charge in [0.05, 0.1) is 13.2 Å². The Labute approximate surface area is 167 Å². The lowest BCUT2D eigenvalue weighted by Gasteiger charge is -2.40. The van der Waals surface area contributed by atoms with E-state index >= 15 is 0 Å². The molecule has 2 rings (SSSR count). The molecule has 11 N–H and O–H groups in total. The van der Waals surface area contributed by atoms with Gasteiger partial charge in [-0.2, -0.15) is 0 Å². The molecule has 2 heterocycles. The lowest BCUT2D eigenvalue weighted by atomic mass is 9.98. The summed E-state index contributed by atoms with van der Waals surface area (Å²) < 4.78 is 10.6. The first-order valence-corrected chi connectivity index (χ1v) is 9.60. The highest BCUT2D eigenvalue weighted by atomic mass is 16.6. The predicted octanol–water partition coefficient (Wildman–Crippen LogP) is -6.64. The number of aliphatic hydroxyl groups excluding tert-OH is 8. The molecule has 29 heavy (non-hydrogen) atoms. The van der Waals surface area contributed by atoms with Gasteiger partial charge in [0.25, 0.3) is 0 Å². The van der Waals surface area contributed by atoms with Crippen LogP contribution in [-0.2, 0) is 9.47 Å². The van der Waals surface area contributed by atoms with Gasteiger partial charge in [-0.3, -0.25) is 10.6 Å². The molecule has 2 aliphatic rings. The summed E-state index contributed by atoms with van der Waals surface area (Å²) in [6.45, 7) is 0.609. The Morgan fingerprint density at radius 1 is 0.517 bits per heavy atom. The monoisotopic (exact) mass is 427 g/mol. The van der Waals surface area contributed by atoms with Crippen LogP contribution in [0.2, 0.25) is 0 Å². The largest absolute Gasteiger partial charge is 0.394 e. The number of hydrogen-bond acceptors (Lipinski definition) is 13. The van der Waals surface area contributed by atoms with Crippen LogP contribution in [0.4, 0.5) is 0 Å². The van der Waals surface area contributed by atoms with Crippen molar-refractivity contribution in [2.75, 3.05) is 39.4 Å². The van der Waals surface area contributed by atoms with Gasteiger partial charge >= 0.3 is 0 Å². The van der Waals surface area contributed by atoms with Crippen molar-refractivity contribution < 1.29 is 50.3 Å². The predicted molar refractivity (Wildman–Crippen MR) is 96.4 cm³/mol. The smallest absolute Gasteiger partial charge is 0.137 e. The van der Waals surface area contributed by atoms with Gasteiger partial charge in [0, 0.05) is 26.2 Å². The molecule has 0 aliphatic carbocycles. The Kier molecular flexibility index (Phi) is 10.0. The van der Waals surface area contributed by atoms with Crippen LogP contribution in [0.1, 0.15) is 0 Å². The standard InChI is InChI=1S/C16H33N3O10/c20-5-7-9(22)11(24)13(26)15(28-7)18-3-1-17-2-4-19-16-14(27)12(25)10(23)8(6-21)29-16/h7-27H,1-6H2/t7-,8-,9-,10-,11-,12-,13-,14-,15-,16-/m1/s1. The molecule has 2 fully saturated rings. The molecular formula is C16H33N3O10. The van der Waals surface area contributed by atoms with E-state index < -0.39 is 74.5 Å². The molecule has 2 saturated heterocycles. The number of nitrogens with one attached hydrogen (secondary N) is 3. The second-order valence-corrected chi connectivity index (χ2v) is 7.16. The van der Waals surface area contributed by atoms with Gasteiger partial charge in [-0.15, -0.1) is 0 Å². The second-order valence-electron chi connectivity index (χ2n) is 7.16. The maximum absolute atomic E-state index is 9.91. The third-order valence-corrected chi connectivity index (χ3v) is 5.08. The molecule has 0 radical (unpaired) electrons. The Balaban J connectivity index is 1.61. The molecule has 0 unspecified atom stereocenters. The van der Waals surface area contributed by atoms with Crippen molar-refractivity contribution in [3.05, 3.63) is 0 Å². The molecule has 2 aliphatic heterocycles. The van der Waals surface area contributed by atoms with Gasteiger partial charge in [-0.1, -0.05) is 0 Å². The van der Waals surface area contributed by atoms with Gasteiger partial charge < -0.3 is 55.6 Å². The van der Waals surface area contributed by atoms with E-state index in [1.165, 1.54) is 0 Å². The zero-order chi connectivity index (χ0) is 21.6. The minimum absolute atomic E-state index is 0.350. The van der Waals surface area contributed by atoms with E-state index in [1.54, 1.807) is 0 Å². The molecule has 0 saturated carbocycles. The maximum Gasteiger partial charge on any atom is 0.137 e. The van der Waals surface area contributed by atoms with Crippen molar-refractivity contribution >= 4 is 0 Å². The Hall–Kier alpha value is -0.520. The first kappa shape index (κ1) is 24.7. The van der Waals surface area contributed by atoms with Gasteiger partial charge in [0.1, 0.15) is 61.3 Å². The molecule has 13 nitrogen and oxygen atoms in total. The summed E-state index contributed by atoms with van der Waals surface area (Å²) >= 11 is 0. The molecule has 0 bridgehead atoms. The fourth-order valence-electron chi connectivity index (χ4n) is 3.27. The van der Waals surface area contributed by atoms with Crippen LogP contribution in [0.15, 0.2) is 0 Å². The van der Waals surface area contributed by atoms with Crippen molar-refractivity contribution in [3.8, 4) is 0 Å². The van der Waals surface area contributed by atoms with Gasteiger partial charge in [-0.05, 0) is 0 Å². The van der Waals surface area contributed by atoms with E-state index in [4.69, 9.17) is 19.7 Å². The van der Waals surface area contributed by atoms with Gasteiger partial charge in [0.2, 0.25) is 0 Å². The average Bonchev–Trinajstić information content (AvgIpc) is 2.72. The lowest BCUT2D eigenvalue weighted by Crippen LogP contribution is -2.63. The molecule has 0 aromatic carbocycles. The first-order valence-electron chi connectivity index (χ1n) is 9.60. The molecule has 0 amide bonds. The fourth-order valence-corrected chi connectivity index (χ4v) is 3.27. The number of hydrogen-bond donors (Lipinski definition) is 11. The Morgan fingerprint density at radius 3 is 1.24 bits per heavy atom. The molecule has 0 spiro atoms. The average molecular weight is 427 g/mol. The SMILES string of the molecule is OC[C@H]1O[C@@H](NCCNCCN[C@@H]2O[C@H](CO)[C@@H](O)[C@@H](O)[C@H]2O)[C@H](O)[C@H](O)[C@@H]1O. The second kappa shape index (κ2) is 11.8. The zero-order valence-corrected chi connectivity index (χ0v) is 15.9. The summed E-state index contributed by atoms with van der Waals surface area (Å²) in [5, 5.41) is 85.8. The van der Waals surface area contributed by atoms with Crippen LogP contribution in [-0.4, -0.2) is 142 Å². The minimum atomic E-state index is -1.44. The van der Waals surface area contributed by atoms with Gasteiger partial charge in [-0.25, -0.2) is 0 Å². The van der Waals surface area contributed by atoms with Crippen LogP contribution in [0.5, 0.6) is 0 Å². The fraction of sp³-hybridized carbons (Fsp3) is 1.00. The molecule has 172 valence electrons. The molecule has 10 atom stereocenters. The quantitative estimate of drug-likeness (QED) is 0.146. The maximum atomic E-state index is 9.91. The topological polar surface area (TPSA) is 216 Å². The van der Waals surface area contributed by atoms with E-state index in [-0.39, 0.29) is 0 Å². The summed E-state index contributed by atoms with van der Waals surface area (Å²) in [5.41, 5.74) is 0. The number of ether oxygens (including phenoxy) is 2. The van der Waals surface area contributed by atoms with Crippen LogP contribution in [0.3, 0.4) is 0 Å². The summed E-state index contributed by atoms with van der Waals surface area (Å²) in [6.07, 6.45) is -12.2. The number of aliphatic hydroxyl groups is 8.